The van der Waals surface area contributed by atoms with Crippen molar-refractivity contribution in [1.29, 1.82) is 0 Å². The van der Waals surface area contributed by atoms with Gasteiger partial charge >= 0.3 is 0 Å². The maximum atomic E-state index is 13.1. The molecule has 0 aliphatic carbocycles. The van der Waals surface area contributed by atoms with Gasteiger partial charge in [0.25, 0.3) is 0 Å². The van der Waals surface area contributed by atoms with E-state index in [1.165, 1.54) is 24.5 Å². The molecule has 10 nitrogen and oxygen atoms in total. The first-order valence-electron chi connectivity index (χ1n) is 11.9. The minimum atomic E-state index is -1.68. The minimum absolute atomic E-state index is 0.0962. The molecular formula is C26H30N4O6. The largest absolute Gasteiger partial charge is 0.383 e. The summed E-state index contributed by atoms with van der Waals surface area (Å²) in [4.78, 5) is 65.7. The van der Waals surface area contributed by atoms with Gasteiger partial charge in [0.05, 0.1) is 6.04 Å². The van der Waals surface area contributed by atoms with Crippen LogP contribution in [0.5, 0.6) is 0 Å². The highest BCUT2D eigenvalue weighted by molar-refractivity contribution is 5.99. The van der Waals surface area contributed by atoms with Gasteiger partial charge in [-0.1, -0.05) is 30.3 Å². The summed E-state index contributed by atoms with van der Waals surface area (Å²) in [6.07, 6.45) is 2.94. The zero-order valence-corrected chi connectivity index (χ0v) is 19.8. The van der Waals surface area contributed by atoms with Crippen molar-refractivity contribution < 1.29 is 29.1 Å². The van der Waals surface area contributed by atoms with Gasteiger partial charge < -0.3 is 25.9 Å². The number of aliphatic hydroxyl groups is 1. The van der Waals surface area contributed by atoms with Crippen molar-refractivity contribution in [2.24, 2.45) is 5.92 Å². The van der Waals surface area contributed by atoms with Crippen LogP contribution >= 0.6 is 0 Å². The molecule has 0 saturated carbocycles. The Labute approximate surface area is 208 Å². The summed E-state index contributed by atoms with van der Waals surface area (Å²) in [5.41, 5.74) is 1.05. The molecule has 1 fully saturated rings. The van der Waals surface area contributed by atoms with E-state index in [2.05, 4.69) is 20.9 Å². The van der Waals surface area contributed by atoms with Gasteiger partial charge in [-0.15, -0.1) is 0 Å². The number of aromatic nitrogens is 1. The molecule has 0 radical (unpaired) electrons. The van der Waals surface area contributed by atoms with Gasteiger partial charge in [-0.3, -0.25) is 24.2 Å². The molecule has 2 aromatic rings. The number of amides is 3. The van der Waals surface area contributed by atoms with Crippen molar-refractivity contribution >= 4 is 29.8 Å². The number of ketones is 1. The van der Waals surface area contributed by atoms with Crippen molar-refractivity contribution in [2.45, 2.75) is 50.3 Å². The Morgan fingerprint density at radius 1 is 1.08 bits per heavy atom. The lowest BCUT2D eigenvalue weighted by Crippen LogP contribution is -2.54. The second-order valence-corrected chi connectivity index (χ2v) is 8.75. The average Bonchev–Trinajstić information content (AvgIpc) is 2.90. The average molecular weight is 495 g/mol. The summed E-state index contributed by atoms with van der Waals surface area (Å²) in [5.74, 6) is -2.51. The molecule has 36 heavy (non-hydrogen) atoms. The number of hydrogen-bond acceptors (Lipinski definition) is 7. The van der Waals surface area contributed by atoms with Crippen molar-refractivity contribution in [2.75, 3.05) is 6.54 Å². The molecule has 1 saturated heterocycles. The van der Waals surface area contributed by atoms with Gasteiger partial charge in [0.1, 0.15) is 18.4 Å². The third kappa shape index (κ3) is 7.81. The van der Waals surface area contributed by atoms with Gasteiger partial charge in [-0.05, 0) is 37.0 Å². The Morgan fingerprint density at radius 3 is 2.47 bits per heavy atom. The number of carbonyl (C=O) groups is 5. The lowest BCUT2D eigenvalue weighted by atomic mass is 9.92. The molecule has 1 aliphatic heterocycles. The van der Waals surface area contributed by atoms with Crippen LogP contribution in [0, 0.1) is 5.92 Å². The quantitative estimate of drug-likeness (QED) is 0.245. The molecule has 4 N–H and O–H groups in total. The second-order valence-electron chi connectivity index (χ2n) is 8.75. The Morgan fingerprint density at radius 2 is 1.81 bits per heavy atom. The Balaban J connectivity index is 1.66. The summed E-state index contributed by atoms with van der Waals surface area (Å²) in [5, 5.41) is 18.2. The van der Waals surface area contributed by atoms with E-state index in [-0.39, 0.29) is 18.7 Å². The topological polar surface area (TPSA) is 155 Å². The number of rotatable bonds is 12. The number of aldehydes is 1. The molecule has 1 unspecified atom stereocenters. The SMILES string of the molecule is O=C[C@H](C[C@@H]1CCCNC1=O)NC(=O)[C@H](Cc1ccccc1)NC(=O)C(O)CC(=O)c1ccncc1. The highest BCUT2D eigenvalue weighted by Crippen LogP contribution is 2.17. The van der Waals surface area contributed by atoms with Crippen LogP contribution in [0.15, 0.2) is 54.9 Å². The highest BCUT2D eigenvalue weighted by atomic mass is 16.3. The summed E-state index contributed by atoms with van der Waals surface area (Å²) in [6, 6.07) is 9.85. The summed E-state index contributed by atoms with van der Waals surface area (Å²) < 4.78 is 0. The van der Waals surface area contributed by atoms with Crippen molar-refractivity contribution in [3.05, 3.63) is 66.0 Å². The number of nitrogens with one attached hydrogen (secondary N) is 3. The van der Waals surface area contributed by atoms with E-state index < -0.39 is 48.1 Å². The molecule has 10 heteroatoms. The van der Waals surface area contributed by atoms with Crippen LogP contribution in [0.2, 0.25) is 0 Å². The fourth-order valence-electron chi connectivity index (χ4n) is 4.05. The van der Waals surface area contributed by atoms with E-state index >= 15 is 0 Å². The molecule has 1 aromatic heterocycles. The van der Waals surface area contributed by atoms with Gasteiger partial charge in [-0.2, -0.15) is 0 Å². The maximum Gasteiger partial charge on any atom is 0.249 e. The zero-order valence-electron chi connectivity index (χ0n) is 19.8. The van der Waals surface area contributed by atoms with E-state index in [1.54, 1.807) is 24.3 Å². The predicted octanol–water partition coefficient (Wildman–Crippen LogP) is 0.343. The zero-order chi connectivity index (χ0) is 25.9. The number of Topliss-reactive ketones (excluding diaryl/α,β-unsaturated/α-hetero) is 1. The summed E-state index contributed by atoms with van der Waals surface area (Å²) in [7, 11) is 0. The number of hydrogen-bond donors (Lipinski definition) is 4. The Kier molecular flexibility index (Phi) is 9.82. The van der Waals surface area contributed by atoms with Crippen molar-refractivity contribution in [1.82, 2.24) is 20.9 Å². The van der Waals surface area contributed by atoms with Crippen molar-refractivity contribution in [3.8, 4) is 0 Å². The molecule has 3 amide bonds. The first-order chi connectivity index (χ1) is 17.4. The standard InChI is InChI=1S/C26H30N4O6/c31-16-20(14-19-7-4-10-28-24(19)34)29-25(35)21(13-17-5-2-1-3-6-17)30-26(36)23(33)15-22(32)18-8-11-27-12-9-18/h1-3,5-6,8-9,11-12,16,19-21,23,33H,4,7,10,13-15H2,(H,28,34)(H,29,35)(H,30,36)/t19-,20-,21-,23?/m0/s1. The van der Waals surface area contributed by atoms with E-state index in [1.807, 2.05) is 6.07 Å². The maximum absolute atomic E-state index is 13.1. The molecular weight excluding hydrogens is 464 g/mol. The first-order valence-corrected chi connectivity index (χ1v) is 11.9. The Hall–Kier alpha value is -3.92. The molecule has 4 atom stereocenters. The molecule has 3 rings (SSSR count). The number of benzene rings is 1. The van der Waals surface area contributed by atoms with E-state index in [0.717, 1.165) is 12.0 Å². The van der Waals surface area contributed by atoms with E-state index in [9.17, 15) is 29.1 Å². The second kappa shape index (κ2) is 13.2. The van der Waals surface area contributed by atoms with Crippen LogP contribution < -0.4 is 16.0 Å². The van der Waals surface area contributed by atoms with Crippen molar-refractivity contribution in [3.63, 3.8) is 0 Å². The monoisotopic (exact) mass is 494 g/mol. The van der Waals surface area contributed by atoms with E-state index in [4.69, 9.17) is 0 Å². The van der Waals surface area contributed by atoms with Crippen LogP contribution in [-0.4, -0.2) is 64.6 Å². The predicted molar refractivity (Wildman–Crippen MR) is 130 cm³/mol. The van der Waals surface area contributed by atoms with E-state index in [0.29, 0.717) is 24.8 Å². The summed E-state index contributed by atoms with van der Waals surface area (Å²) >= 11 is 0. The number of pyridine rings is 1. The number of carbonyl (C=O) groups excluding carboxylic acids is 5. The molecule has 190 valence electrons. The van der Waals surface area contributed by atoms with Crippen LogP contribution in [0.25, 0.3) is 0 Å². The van der Waals surface area contributed by atoms with Gasteiger partial charge in [-0.25, -0.2) is 0 Å². The van der Waals surface area contributed by atoms with Crippen LogP contribution in [0.3, 0.4) is 0 Å². The van der Waals surface area contributed by atoms with Gasteiger partial charge in [0.2, 0.25) is 17.7 Å². The molecule has 1 aromatic carbocycles. The lowest BCUT2D eigenvalue weighted by molar-refractivity contribution is -0.134. The molecule has 0 spiro atoms. The number of aliphatic hydroxyl groups excluding tert-OH is 1. The number of piperidine rings is 1. The number of nitrogens with zero attached hydrogens (tertiary/aromatic N) is 1. The Bertz CT molecular complexity index is 1060. The third-order valence-corrected chi connectivity index (χ3v) is 6.03. The highest BCUT2D eigenvalue weighted by Gasteiger charge is 2.30. The summed E-state index contributed by atoms with van der Waals surface area (Å²) in [6.45, 7) is 0.588. The van der Waals surface area contributed by atoms with Crippen LogP contribution in [0.4, 0.5) is 0 Å². The smallest absolute Gasteiger partial charge is 0.249 e. The molecule has 0 bridgehead atoms. The molecule has 2 heterocycles. The van der Waals surface area contributed by atoms with Gasteiger partial charge in [0.15, 0.2) is 5.78 Å². The fourth-order valence-corrected chi connectivity index (χ4v) is 4.05. The first kappa shape index (κ1) is 26.7. The molecule has 1 aliphatic rings. The van der Waals surface area contributed by atoms with Crippen LogP contribution in [-0.2, 0) is 25.6 Å². The fraction of sp³-hybridized carbons (Fsp3) is 0.385. The van der Waals surface area contributed by atoms with Gasteiger partial charge in [0, 0.05) is 43.3 Å². The van der Waals surface area contributed by atoms with Crippen LogP contribution in [0.1, 0.15) is 41.6 Å². The lowest BCUT2D eigenvalue weighted by Gasteiger charge is -2.26. The third-order valence-electron chi connectivity index (χ3n) is 6.03. The minimum Gasteiger partial charge on any atom is -0.383 e. The normalized spacial score (nSPS) is 17.7.